The lowest BCUT2D eigenvalue weighted by Gasteiger charge is -2.20. The summed E-state index contributed by atoms with van der Waals surface area (Å²) in [6, 6.07) is 13.0. The summed E-state index contributed by atoms with van der Waals surface area (Å²) in [6.07, 6.45) is 4.04. The molecule has 1 heterocycles. The SMILES string of the molecule is O=C(O)c1ccc(C(=O)NC2CCCC2Cc2ccccc2)o1. The van der Waals surface area contributed by atoms with Gasteiger partial charge in [0.2, 0.25) is 5.76 Å². The Hall–Kier alpha value is -2.56. The number of carbonyl (C=O) groups excluding carboxylic acids is 1. The predicted molar refractivity (Wildman–Crippen MR) is 84.4 cm³/mol. The van der Waals surface area contributed by atoms with Crippen LogP contribution in [0.5, 0.6) is 0 Å². The van der Waals surface area contributed by atoms with Crippen molar-refractivity contribution < 1.29 is 19.1 Å². The highest BCUT2D eigenvalue weighted by molar-refractivity contribution is 5.93. The fourth-order valence-corrected chi connectivity index (χ4v) is 3.20. The van der Waals surface area contributed by atoms with Crippen molar-refractivity contribution in [2.75, 3.05) is 0 Å². The topological polar surface area (TPSA) is 79.5 Å². The molecule has 5 nitrogen and oxygen atoms in total. The fraction of sp³-hybridized carbons (Fsp3) is 0.333. The van der Waals surface area contributed by atoms with Gasteiger partial charge in [-0.1, -0.05) is 36.8 Å². The maximum absolute atomic E-state index is 12.2. The van der Waals surface area contributed by atoms with Gasteiger partial charge in [-0.05, 0) is 42.9 Å². The molecule has 23 heavy (non-hydrogen) atoms. The molecule has 2 atom stereocenters. The molecule has 1 amide bonds. The van der Waals surface area contributed by atoms with E-state index < -0.39 is 5.97 Å². The normalized spacial score (nSPS) is 20.3. The number of carbonyl (C=O) groups is 2. The van der Waals surface area contributed by atoms with Crippen molar-refractivity contribution in [3.63, 3.8) is 0 Å². The fourth-order valence-electron chi connectivity index (χ4n) is 3.20. The number of aromatic carboxylic acids is 1. The van der Waals surface area contributed by atoms with Gasteiger partial charge in [0, 0.05) is 6.04 Å². The van der Waals surface area contributed by atoms with Crippen molar-refractivity contribution in [3.8, 4) is 0 Å². The first kappa shape index (κ1) is 15.3. The molecule has 1 aliphatic rings. The van der Waals surface area contributed by atoms with E-state index in [-0.39, 0.29) is 23.5 Å². The van der Waals surface area contributed by atoms with Crippen LogP contribution in [0.15, 0.2) is 46.9 Å². The molecule has 3 rings (SSSR count). The van der Waals surface area contributed by atoms with Crippen LogP contribution in [0.3, 0.4) is 0 Å². The third-order valence-corrected chi connectivity index (χ3v) is 4.36. The van der Waals surface area contributed by atoms with E-state index in [1.807, 2.05) is 18.2 Å². The Balaban J connectivity index is 1.63. The lowest BCUT2D eigenvalue weighted by Crippen LogP contribution is -2.37. The van der Waals surface area contributed by atoms with Crippen LogP contribution in [0, 0.1) is 5.92 Å². The molecule has 0 spiro atoms. The summed E-state index contributed by atoms with van der Waals surface area (Å²) in [4.78, 5) is 23.0. The van der Waals surface area contributed by atoms with Gasteiger partial charge in [0.1, 0.15) is 0 Å². The third kappa shape index (κ3) is 3.62. The molecule has 0 saturated heterocycles. The number of hydrogen-bond acceptors (Lipinski definition) is 3. The largest absolute Gasteiger partial charge is 0.475 e. The van der Waals surface area contributed by atoms with Gasteiger partial charge in [0.15, 0.2) is 5.76 Å². The van der Waals surface area contributed by atoms with Gasteiger partial charge in [-0.25, -0.2) is 4.79 Å². The van der Waals surface area contributed by atoms with Gasteiger partial charge >= 0.3 is 5.97 Å². The standard InChI is InChI=1S/C18H19NO4/c20-17(15-9-10-16(23-15)18(21)22)19-14-8-4-7-13(14)11-12-5-2-1-3-6-12/h1-3,5-6,9-10,13-14H,4,7-8,11H2,(H,19,20)(H,21,22). The van der Waals surface area contributed by atoms with Gasteiger partial charge < -0.3 is 14.8 Å². The molecule has 5 heteroatoms. The summed E-state index contributed by atoms with van der Waals surface area (Å²) in [5.41, 5.74) is 1.27. The van der Waals surface area contributed by atoms with E-state index in [9.17, 15) is 9.59 Å². The zero-order chi connectivity index (χ0) is 16.2. The Bertz CT molecular complexity index is 692. The number of hydrogen-bond donors (Lipinski definition) is 2. The zero-order valence-electron chi connectivity index (χ0n) is 12.7. The summed E-state index contributed by atoms with van der Waals surface area (Å²) >= 11 is 0. The van der Waals surface area contributed by atoms with E-state index in [1.54, 1.807) is 0 Å². The van der Waals surface area contributed by atoms with Crippen molar-refractivity contribution in [2.24, 2.45) is 5.92 Å². The minimum Gasteiger partial charge on any atom is -0.475 e. The number of nitrogens with one attached hydrogen (secondary N) is 1. The van der Waals surface area contributed by atoms with Crippen LogP contribution in [0.1, 0.15) is 45.9 Å². The Labute approximate surface area is 134 Å². The molecule has 120 valence electrons. The van der Waals surface area contributed by atoms with Crippen LogP contribution >= 0.6 is 0 Å². The van der Waals surface area contributed by atoms with E-state index in [4.69, 9.17) is 9.52 Å². The highest BCUT2D eigenvalue weighted by atomic mass is 16.4. The number of furan rings is 1. The molecule has 2 unspecified atom stereocenters. The number of carboxylic acids is 1. The van der Waals surface area contributed by atoms with Crippen LogP contribution in [0.25, 0.3) is 0 Å². The zero-order valence-corrected chi connectivity index (χ0v) is 12.7. The van der Waals surface area contributed by atoms with Crippen LogP contribution in [-0.2, 0) is 6.42 Å². The van der Waals surface area contributed by atoms with Crippen molar-refractivity contribution in [1.29, 1.82) is 0 Å². The van der Waals surface area contributed by atoms with Crippen molar-refractivity contribution in [1.82, 2.24) is 5.32 Å². The Morgan fingerprint density at radius 3 is 2.52 bits per heavy atom. The first-order valence-corrected chi connectivity index (χ1v) is 7.81. The van der Waals surface area contributed by atoms with E-state index >= 15 is 0 Å². The minimum atomic E-state index is -1.17. The van der Waals surface area contributed by atoms with Gasteiger partial charge in [0.05, 0.1) is 0 Å². The van der Waals surface area contributed by atoms with Gasteiger partial charge in [-0.15, -0.1) is 0 Å². The molecule has 1 aliphatic carbocycles. The summed E-state index contributed by atoms with van der Waals surface area (Å²) in [7, 11) is 0. The lowest BCUT2D eigenvalue weighted by atomic mass is 9.94. The average Bonchev–Trinajstić information content (AvgIpc) is 3.18. The molecule has 1 aromatic heterocycles. The summed E-state index contributed by atoms with van der Waals surface area (Å²) in [6.45, 7) is 0. The lowest BCUT2D eigenvalue weighted by molar-refractivity contribution is 0.0659. The molecule has 1 fully saturated rings. The molecular formula is C18H19NO4. The number of amides is 1. The van der Waals surface area contributed by atoms with Gasteiger partial charge in [-0.3, -0.25) is 4.79 Å². The molecule has 1 aromatic carbocycles. The highest BCUT2D eigenvalue weighted by Crippen LogP contribution is 2.29. The monoisotopic (exact) mass is 313 g/mol. The van der Waals surface area contributed by atoms with Crippen LogP contribution < -0.4 is 5.32 Å². The maximum atomic E-state index is 12.2. The highest BCUT2D eigenvalue weighted by Gasteiger charge is 2.29. The van der Waals surface area contributed by atoms with E-state index in [0.29, 0.717) is 5.92 Å². The molecule has 2 N–H and O–H groups in total. The maximum Gasteiger partial charge on any atom is 0.371 e. The Morgan fingerprint density at radius 1 is 1.09 bits per heavy atom. The summed E-state index contributed by atoms with van der Waals surface area (Å²) in [5.74, 6) is -1.29. The average molecular weight is 313 g/mol. The summed E-state index contributed by atoms with van der Waals surface area (Å²) < 4.78 is 5.06. The molecule has 0 bridgehead atoms. The smallest absolute Gasteiger partial charge is 0.371 e. The Morgan fingerprint density at radius 2 is 1.83 bits per heavy atom. The van der Waals surface area contributed by atoms with Gasteiger partial charge in [-0.2, -0.15) is 0 Å². The quantitative estimate of drug-likeness (QED) is 0.889. The van der Waals surface area contributed by atoms with Crippen molar-refractivity contribution in [2.45, 2.75) is 31.7 Å². The van der Waals surface area contributed by atoms with Crippen LogP contribution in [0.4, 0.5) is 0 Å². The van der Waals surface area contributed by atoms with E-state index in [1.165, 1.54) is 17.7 Å². The number of carboxylic acid groups (broad SMARTS) is 1. The van der Waals surface area contributed by atoms with Gasteiger partial charge in [0.25, 0.3) is 5.91 Å². The van der Waals surface area contributed by atoms with Crippen molar-refractivity contribution >= 4 is 11.9 Å². The minimum absolute atomic E-state index is 0.0489. The van der Waals surface area contributed by atoms with Crippen LogP contribution in [0.2, 0.25) is 0 Å². The first-order chi connectivity index (χ1) is 11.1. The van der Waals surface area contributed by atoms with E-state index in [0.717, 1.165) is 25.7 Å². The van der Waals surface area contributed by atoms with Crippen LogP contribution in [-0.4, -0.2) is 23.0 Å². The molecule has 2 aromatic rings. The molecule has 1 saturated carbocycles. The predicted octanol–water partition coefficient (Wildman–Crippen LogP) is 3.12. The second-order valence-electron chi connectivity index (χ2n) is 5.93. The molecule has 0 radical (unpaired) electrons. The molecule has 0 aliphatic heterocycles. The summed E-state index contributed by atoms with van der Waals surface area (Å²) in [5, 5.41) is 11.8. The second kappa shape index (κ2) is 6.69. The number of rotatable bonds is 5. The Kier molecular flexibility index (Phi) is 4.46. The first-order valence-electron chi connectivity index (χ1n) is 7.81. The van der Waals surface area contributed by atoms with E-state index in [2.05, 4.69) is 17.4 Å². The van der Waals surface area contributed by atoms with Crippen molar-refractivity contribution in [3.05, 3.63) is 59.5 Å². The third-order valence-electron chi connectivity index (χ3n) is 4.36. The molecular weight excluding hydrogens is 294 g/mol. The second-order valence-corrected chi connectivity index (χ2v) is 5.93. The number of benzene rings is 1.